The SMILES string of the molecule is CNC1(c2nc3c(s2)CCC3)CCN2CCC1C2. The number of thiazole rings is 1. The van der Waals surface area contributed by atoms with Gasteiger partial charge < -0.3 is 10.2 Å². The minimum atomic E-state index is 0.183. The highest BCUT2D eigenvalue weighted by Crippen LogP contribution is 2.45. The van der Waals surface area contributed by atoms with Gasteiger partial charge in [0.05, 0.1) is 11.2 Å². The van der Waals surface area contributed by atoms with E-state index < -0.39 is 0 Å². The van der Waals surface area contributed by atoms with E-state index in [1.807, 2.05) is 11.3 Å². The van der Waals surface area contributed by atoms with E-state index in [2.05, 4.69) is 17.3 Å². The van der Waals surface area contributed by atoms with Crippen LogP contribution >= 0.6 is 11.3 Å². The Labute approximate surface area is 113 Å². The Morgan fingerprint density at radius 2 is 2.33 bits per heavy atom. The Hall–Kier alpha value is -0.450. The Morgan fingerprint density at radius 3 is 3.17 bits per heavy atom. The third kappa shape index (κ3) is 1.46. The van der Waals surface area contributed by atoms with Crippen LogP contribution < -0.4 is 5.32 Å². The Bertz CT molecular complexity index is 448. The highest BCUT2D eigenvalue weighted by molar-refractivity contribution is 7.12. The van der Waals surface area contributed by atoms with Gasteiger partial charge in [-0.15, -0.1) is 11.3 Å². The Morgan fingerprint density at radius 1 is 1.39 bits per heavy atom. The zero-order valence-electron chi connectivity index (χ0n) is 11.0. The number of hydrogen-bond donors (Lipinski definition) is 1. The zero-order chi connectivity index (χ0) is 12.2. The van der Waals surface area contributed by atoms with Crippen molar-refractivity contribution in [2.24, 2.45) is 5.92 Å². The molecule has 1 aromatic heterocycles. The van der Waals surface area contributed by atoms with E-state index in [9.17, 15) is 0 Å². The Kier molecular flexibility index (Phi) is 2.54. The predicted molar refractivity (Wildman–Crippen MR) is 74.0 cm³/mol. The summed E-state index contributed by atoms with van der Waals surface area (Å²) in [5.74, 6) is 0.766. The minimum absolute atomic E-state index is 0.183. The van der Waals surface area contributed by atoms with E-state index >= 15 is 0 Å². The molecule has 3 aliphatic rings. The van der Waals surface area contributed by atoms with E-state index in [1.165, 1.54) is 62.4 Å². The standard InChI is InChI=1S/C14H21N3S/c1-15-14(6-8-17-7-5-10(14)9-17)13-16-11-3-2-4-12(11)18-13/h10,15H,2-9H2,1H3. The van der Waals surface area contributed by atoms with Crippen LogP contribution in [0.1, 0.15) is 34.8 Å². The second-order valence-corrected chi connectivity index (χ2v) is 7.08. The van der Waals surface area contributed by atoms with E-state index in [4.69, 9.17) is 4.98 Å². The van der Waals surface area contributed by atoms with Crippen LogP contribution in [-0.2, 0) is 18.4 Å². The minimum Gasteiger partial charge on any atom is -0.308 e. The molecule has 2 bridgehead atoms. The first-order valence-electron chi connectivity index (χ1n) is 7.22. The summed E-state index contributed by atoms with van der Waals surface area (Å²) < 4.78 is 0. The number of aryl methyl sites for hydroxylation is 2. The molecule has 1 aliphatic carbocycles. The van der Waals surface area contributed by atoms with Crippen molar-refractivity contribution in [1.29, 1.82) is 0 Å². The van der Waals surface area contributed by atoms with E-state index in [0.29, 0.717) is 0 Å². The summed E-state index contributed by atoms with van der Waals surface area (Å²) in [4.78, 5) is 9.19. The summed E-state index contributed by atoms with van der Waals surface area (Å²) in [5, 5.41) is 5.06. The molecular weight excluding hydrogens is 242 g/mol. The number of rotatable bonds is 2. The van der Waals surface area contributed by atoms with Gasteiger partial charge in [0.25, 0.3) is 0 Å². The van der Waals surface area contributed by atoms with Crippen LogP contribution in [-0.4, -0.2) is 36.6 Å². The summed E-state index contributed by atoms with van der Waals surface area (Å²) in [7, 11) is 2.14. The third-order valence-electron chi connectivity index (χ3n) is 5.22. The summed E-state index contributed by atoms with van der Waals surface area (Å²) in [6, 6.07) is 0. The number of aromatic nitrogens is 1. The number of nitrogens with one attached hydrogen (secondary N) is 1. The molecule has 3 nitrogen and oxygen atoms in total. The normalized spacial score (nSPS) is 38.1. The summed E-state index contributed by atoms with van der Waals surface area (Å²) in [5.41, 5.74) is 1.59. The molecule has 18 heavy (non-hydrogen) atoms. The molecule has 1 N–H and O–H groups in total. The van der Waals surface area contributed by atoms with Crippen molar-refractivity contribution >= 4 is 11.3 Å². The molecule has 0 radical (unpaired) electrons. The van der Waals surface area contributed by atoms with E-state index in [-0.39, 0.29) is 5.54 Å². The van der Waals surface area contributed by atoms with Crippen LogP contribution in [0.15, 0.2) is 0 Å². The van der Waals surface area contributed by atoms with Gasteiger partial charge in [-0.3, -0.25) is 0 Å². The van der Waals surface area contributed by atoms with Gasteiger partial charge in [0, 0.05) is 18.0 Å². The van der Waals surface area contributed by atoms with Crippen molar-refractivity contribution in [3.05, 3.63) is 15.6 Å². The summed E-state index contributed by atoms with van der Waals surface area (Å²) in [6.45, 7) is 3.80. The number of nitrogens with zero attached hydrogens (tertiary/aromatic N) is 2. The molecule has 0 saturated carbocycles. The molecule has 4 heteroatoms. The predicted octanol–water partition coefficient (Wildman–Crippen LogP) is 1.77. The lowest BCUT2D eigenvalue weighted by Crippen LogP contribution is -2.52. The topological polar surface area (TPSA) is 28.2 Å². The lowest BCUT2D eigenvalue weighted by molar-refractivity contribution is 0.138. The molecule has 98 valence electrons. The number of piperidine rings is 1. The van der Waals surface area contributed by atoms with Gasteiger partial charge in [-0.2, -0.15) is 0 Å². The Balaban J connectivity index is 1.74. The molecule has 3 atom stereocenters. The third-order valence-corrected chi connectivity index (χ3v) is 6.55. The van der Waals surface area contributed by atoms with Crippen LogP contribution in [0.4, 0.5) is 0 Å². The van der Waals surface area contributed by atoms with Gasteiger partial charge in [0.1, 0.15) is 5.01 Å². The summed E-state index contributed by atoms with van der Waals surface area (Å²) >= 11 is 2.00. The van der Waals surface area contributed by atoms with Gasteiger partial charge >= 0.3 is 0 Å². The van der Waals surface area contributed by atoms with Crippen molar-refractivity contribution < 1.29 is 0 Å². The molecule has 1 aromatic rings. The van der Waals surface area contributed by atoms with Gasteiger partial charge in [0.15, 0.2) is 0 Å². The molecule has 3 heterocycles. The monoisotopic (exact) mass is 263 g/mol. The lowest BCUT2D eigenvalue weighted by atomic mass is 9.79. The first-order chi connectivity index (χ1) is 8.82. The van der Waals surface area contributed by atoms with Gasteiger partial charge in [0.2, 0.25) is 0 Å². The smallest absolute Gasteiger partial charge is 0.114 e. The molecule has 4 rings (SSSR count). The fourth-order valence-corrected chi connectivity index (χ4v) is 5.53. The summed E-state index contributed by atoms with van der Waals surface area (Å²) in [6.07, 6.45) is 6.37. The maximum atomic E-state index is 5.01. The van der Waals surface area contributed by atoms with Gasteiger partial charge in [-0.05, 0) is 51.6 Å². The lowest BCUT2D eigenvalue weighted by Gasteiger charge is -2.41. The van der Waals surface area contributed by atoms with Crippen molar-refractivity contribution in [2.75, 3.05) is 26.7 Å². The molecule has 3 unspecified atom stereocenters. The van der Waals surface area contributed by atoms with Crippen LogP contribution in [0.25, 0.3) is 0 Å². The average molecular weight is 263 g/mol. The van der Waals surface area contributed by atoms with Crippen molar-refractivity contribution in [2.45, 2.75) is 37.6 Å². The first-order valence-corrected chi connectivity index (χ1v) is 8.04. The van der Waals surface area contributed by atoms with E-state index in [0.717, 1.165) is 5.92 Å². The van der Waals surface area contributed by atoms with Crippen LogP contribution in [0.2, 0.25) is 0 Å². The quantitative estimate of drug-likeness (QED) is 0.881. The van der Waals surface area contributed by atoms with Crippen LogP contribution in [0, 0.1) is 5.92 Å². The van der Waals surface area contributed by atoms with Gasteiger partial charge in [-0.25, -0.2) is 4.98 Å². The van der Waals surface area contributed by atoms with Gasteiger partial charge in [-0.1, -0.05) is 0 Å². The fourth-order valence-electron chi connectivity index (χ4n) is 4.08. The molecular formula is C14H21N3S. The molecule has 2 saturated heterocycles. The molecule has 0 spiro atoms. The highest BCUT2D eigenvalue weighted by Gasteiger charge is 2.48. The maximum Gasteiger partial charge on any atom is 0.114 e. The average Bonchev–Trinajstić information content (AvgIpc) is 3.05. The highest BCUT2D eigenvalue weighted by atomic mass is 32.1. The second-order valence-electron chi connectivity index (χ2n) is 6.00. The van der Waals surface area contributed by atoms with Crippen LogP contribution in [0.3, 0.4) is 0 Å². The largest absolute Gasteiger partial charge is 0.308 e. The number of fused-ring (bicyclic) bond motifs is 3. The van der Waals surface area contributed by atoms with Crippen LogP contribution in [0.5, 0.6) is 0 Å². The zero-order valence-corrected chi connectivity index (χ0v) is 11.9. The molecule has 2 aliphatic heterocycles. The number of hydrogen-bond acceptors (Lipinski definition) is 4. The first kappa shape index (κ1) is 11.4. The molecule has 0 aromatic carbocycles. The van der Waals surface area contributed by atoms with E-state index in [1.54, 1.807) is 4.88 Å². The fraction of sp³-hybridized carbons (Fsp3) is 0.786. The maximum absolute atomic E-state index is 5.01. The van der Waals surface area contributed by atoms with Crippen molar-refractivity contribution in [3.8, 4) is 0 Å². The molecule has 0 amide bonds. The van der Waals surface area contributed by atoms with Crippen molar-refractivity contribution in [1.82, 2.24) is 15.2 Å². The molecule has 2 fully saturated rings. The second kappa shape index (κ2) is 4.02. The van der Waals surface area contributed by atoms with Crippen molar-refractivity contribution in [3.63, 3.8) is 0 Å².